The van der Waals surface area contributed by atoms with Crippen LogP contribution in [-0.4, -0.2) is 15.0 Å². The normalized spacial score (nSPS) is 10.5. The Morgan fingerprint density at radius 3 is 2.47 bits per heavy atom. The Bertz CT molecular complexity index is 641. The number of H-pyrrole nitrogens is 1. The number of rotatable bonds is 1. The molecule has 3 N–H and O–H groups in total. The maximum atomic E-state index is 13.4. The van der Waals surface area contributed by atoms with Gasteiger partial charge in [-0.2, -0.15) is 4.98 Å². The van der Waals surface area contributed by atoms with E-state index in [1.807, 2.05) is 0 Å². The van der Waals surface area contributed by atoms with Crippen LogP contribution in [-0.2, 0) is 0 Å². The molecule has 0 amide bonds. The molecule has 1 heterocycles. The highest BCUT2D eigenvalue weighted by Crippen LogP contribution is 2.23. The number of nitrogens with zero attached hydrogens (tertiary/aromatic N) is 2. The first-order chi connectivity index (χ1) is 7.99. The summed E-state index contributed by atoms with van der Waals surface area (Å²) in [6.07, 6.45) is 0. The van der Waals surface area contributed by atoms with Crippen molar-refractivity contribution in [2.75, 3.05) is 5.73 Å². The molecule has 0 aliphatic carbocycles. The summed E-state index contributed by atoms with van der Waals surface area (Å²) < 4.78 is 39.1. The second-order valence-electron chi connectivity index (χ2n) is 3.09. The van der Waals surface area contributed by atoms with Crippen LogP contribution in [0.1, 0.15) is 0 Å². The molecule has 17 heavy (non-hydrogen) atoms. The van der Waals surface area contributed by atoms with Crippen LogP contribution in [0.5, 0.6) is 0 Å². The first-order valence-electron chi connectivity index (χ1n) is 4.36. The molecule has 0 saturated carbocycles. The van der Waals surface area contributed by atoms with Crippen molar-refractivity contribution in [1.82, 2.24) is 15.0 Å². The lowest BCUT2D eigenvalue weighted by Gasteiger charge is -2.04. The van der Waals surface area contributed by atoms with Crippen LogP contribution in [0.25, 0.3) is 11.4 Å². The van der Waals surface area contributed by atoms with Crippen LogP contribution in [0, 0.1) is 22.2 Å². The van der Waals surface area contributed by atoms with Gasteiger partial charge in [0, 0.05) is 0 Å². The van der Waals surface area contributed by atoms with E-state index in [0.717, 1.165) is 12.1 Å². The van der Waals surface area contributed by atoms with Crippen LogP contribution in [0.3, 0.4) is 0 Å². The Morgan fingerprint density at radius 1 is 1.12 bits per heavy atom. The Hall–Kier alpha value is -1.96. The third-order valence-corrected chi connectivity index (χ3v) is 2.14. The minimum Gasteiger partial charge on any atom is -0.369 e. The number of nitrogen functional groups attached to an aromatic ring is 1. The predicted octanol–water partition coefficient (Wildman–Crippen LogP) is 2.20. The van der Waals surface area contributed by atoms with E-state index in [1.165, 1.54) is 0 Å². The SMILES string of the molecule is Nc1nc(=S)nc(-c2ccc(F)c(F)c2F)[nH]1. The minimum atomic E-state index is -1.58. The van der Waals surface area contributed by atoms with Gasteiger partial charge >= 0.3 is 0 Å². The molecule has 8 heteroatoms. The first kappa shape index (κ1) is 11.5. The molecule has 0 spiro atoms. The smallest absolute Gasteiger partial charge is 0.224 e. The van der Waals surface area contributed by atoms with Crippen LogP contribution >= 0.6 is 12.2 Å². The highest BCUT2D eigenvalue weighted by Gasteiger charge is 2.16. The van der Waals surface area contributed by atoms with Gasteiger partial charge in [-0.05, 0) is 24.4 Å². The number of benzene rings is 1. The van der Waals surface area contributed by atoms with Gasteiger partial charge in [0.25, 0.3) is 0 Å². The van der Waals surface area contributed by atoms with Gasteiger partial charge < -0.3 is 10.7 Å². The number of hydrogen-bond acceptors (Lipinski definition) is 4. The number of aromatic nitrogens is 3. The van der Waals surface area contributed by atoms with E-state index in [1.54, 1.807) is 0 Å². The summed E-state index contributed by atoms with van der Waals surface area (Å²) in [4.78, 5) is 9.65. The first-order valence-corrected chi connectivity index (χ1v) is 4.77. The van der Waals surface area contributed by atoms with E-state index in [9.17, 15) is 13.2 Å². The Kier molecular flexibility index (Phi) is 2.80. The lowest BCUT2D eigenvalue weighted by atomic mass is 10.2. The number of halogens is 3. The fourth-order valence-corrected chi connectivity index (χ4v) is 1.43. The topological polar surface area (TPSA) is 67.6 Å². The van der Waals surface area contributed by atoms with E-state index in [-0.39, 0.29) is 22.1 Å². The second-order valence-corrected chi connectivity index (χ2v) is 3.45. The summed E-state index contributed by atoms with van der Waals surface area (Å²) in [7, 11) is 0. The maximum absolute atomic E-state index is 13.4. The number of aromatic amines is 1. The molecule has 2 rings (SSSR count). The number of nitrogens with two attached hydrogens (primary N) is 1. The summed E-state index contributed by atoms with van der Waals surface area (Å²) in [5.41, 5.74) is 5.08. The molecular formula is C9H5F3N4S. The molecule has 0 aliphatic heterocycles. The van der Waals surface area contributed by atoms with Crippen molar-refractivity contribution >= 4 is 18.2 Å². The van der Waals surface area contributed by atoms with Crippen LogP contribution in [0.4, 0.5) is 19.1 Å². The third kappa shape index (κ3) is 2.11. The van der Waals surface area contributed by atoms with Gasteiger partial charge in [-0.25, -0.2) is 18.2 Å². The van der Waals surface area contributed by atoms with Crippen molar-refractivity contribution in [3.05, 3.63) is 34.4 Å². The molecule has 0 saturated heterocycles. The largest absolute Gasteiger partial charge is 0.369 e. The monoisotopic (exact) mass is 258 g/mol. The zero-order valence-electron chi connectivity index (χ0n) is 8.17. The molecule has 0 atom stereocenters. The molecule has 1 aromatic carbocycles. The fourth-order valence-electron chi connectivity index (χ4n) is 1.24. The summed E-state index contributed by atoms with van der Waals surface area (Å²) >= 11 is 4.68. The van der Waals surface area contributed by atoms with E-state index >= 15 is 0 Å². The fraction of sp³-hybridized carbons (Fsp3) is 0. The summed E-state index contributed by atoms with van der Waals surface area (Å²) in [6, 6.07) is 1.81. The molecule has 88 valence electrons. The zero-order valence-corrected chi connectivity index (χ0v) is 8.99. The highest BCUT2D eigenvalue weighted by molar-refractivity contribution is 7.71. The number of anilines is 1. The quantitative estimate of drug-likeness (QED) is 0.608. The predicted molar refractivity (Wildman–Crippen MR) is 56.9 cm³/mol. The van der Waals surface area contributed by atoms with Crippen LogP contribution in [0.15, 0.2) is 12.1 Å². The van der Waals surface area contributed by atoms with Crippen molar-refractivity contribution in [2.24, 2.45) is 0 Å². The molecule has 0 bridgehead atoms. The molecule has 2 aromatic rings. The third-order valence-electron chi connectivity index (χ3n) is 1.96. The summed E-state index contributed by atoms with van der Waals surface area (Å²) in [5.74, 6) is -4.44. The van der Waals surface area contributed by atoms with Crippen molar-refractivity contribution in [2.45, 2.75) is 0 Å². The van der Waals surface area contributed by atoms with Gasteiger partial charge in [-0.15, -0.1) is 0 Å². The minimum absolute atomic E-state index is 0.0934. The lowest BCUT2D eigenvalue weighted by molar-refractivity contribution is 0.448. The van der Waals surface area contributed by atoms with Gasteiger partial charge in [0.2, 0.25) is 10.7 Å². The summed E-state index contributed by atoms with van der Waals surface area (Å²) in [6.45, 7) is 0. The molecule has 1 aromatic heterocycles. The second kappa shape index (κ2) is 4.13. The molecule has 0 radical (unpaired) electrons. The molecular weight excluding hydrogens is 253 g/mol. The molecule has 0 fully saturated rings. The van der Waals surface area contributed by atoms with Crippen molar-refractivity contribution in [1.29, 1.82) is 0 Å². The van der Waals surface area contributed by atoms with Gasteiger partial charge in [0.05, 0.1) is 5.56 Å². The Morgan fingerprint density at radius 2 is 1.82 bits per heavy atom. The molecule has 4 nitrogen and oxygen atoms in total. The average molecular weight is 258 g/mol. The zero-order chi connectivity index (χ0) is 12.6. The lowest BCUT2D eigenvalue weighted by Crippen LogP contribution is -2.02. The molecule has 0 aliphatic rings. The number of nitrogens with one attached hydrogen (secondary N) is 1. The van der Waals surface area contributed by atoms with E-state index < -0.39 is 17.5 Å². The van der Waals surface area contributed by atoms with E-state index in [2.05, 4.69) is 27.2 Å². The maximum Gasteiger partial charge on any atom is 0.224 e. The Balaban J connectivity index is 2.69. The van der Waals surface area contributed by atoms with Crippen molar-refractivity contribution in [3.63, 3.8) is 0 Å². The van der Waals surface area contributed by atoms with E-state index in [0.29, 0.717) is 0 Å². The summed E-state index contributed by atoms with van der Waals surface area (Å²) in [5, 5.41) is 0. The standard InChI is InChI=1S/C9H5F3N4S/c10-4-2-1-3(5(11)6(4)12)7-14-8(13)16-9(17)15-7/h1-2H,(H3,13,14,15,16,17). The van der Waals surface area contributed by atoms with E-state index in [4.69, 9.17) is 5.73 Å². The Labute approximate surface area is 98.3 Å². The van der Waals surface area contributed by atoms with Crippen molar-refractivity contribution in [3.8, 4) is 11.4 Å². The average Bonchev–Trinajstić information content (AvgIpc) is 2.24. The highest BCUT2D eigenvalue weighted by atomic mass is 32.1. The van der Waals surface area contributed by atoms with Crippen molar-refractivity contribution < 1.29 is 13.2 Å². The van der Waals surface area contributed by atoms with Gasteiger partial charge in [0.1, 0.15) is 5.82 Å². The van der Waals surface area contributed by atoms with Gasteiger partial charge in [0.15, 0.2) is 17.5 Å². The van der Waals surface area contributed by atoms with Gasteiger partial charge in [-0.1, -0.05) is 0 Å². The van der Waals surface area contributed by atoms with Gasteiger partial charge in [-0.3, -0.25) is 0 Å². The van der Waals surface area contributed by atoms with Crippen LogP contribution < -0.4 is 5.73 Å². The number of hydrogen-bond donors (Lipinski definition) is 2. The molecule has 0 unspecified atom stereocenters. The van der Waals surface area contributed by atoms with Crippen LogP contribution in [0.2, 0.25) is 0 Å².